The van der Waals surface area contributed by atoms with Crippen LogP contribution in [0.3, 0.4) is 0 Å². The summed E-state index contributed by atoms with van der Waals surface area (Å²) < 4.78 is 13.5. The van der Waals surface area contributed by atoms with Crippen LogP contribution in [0.25, 0.3) is 0 Å². The van der Waals surface area contributed by atoms with Crippen molar-refractivity contribution < 1.29 is 14.0 Å². The van der Waals surface area contributed by atoms with E-state index in [-0.39, 0.29) is 29.6 Å². The molecular weight excluding hydrogens is 343 g/mol. The molecule has 2 N–H and O–H groups in total. The Morgan fingerprint density at radius 1 is 1.00 bits per heavy atom. The average molecular weight is 372 g/mol. The summed E-state index contributed by atoms with van der Waals surface area (Å²) in [6.07, 6.45) is 8.13. The summed E-state index contributed by atoms with van der Waals surface area (Å²) in [5, 5.41) is 5.84. The van der Waals surface area contributed by atoms with Gasteiger partial charge in [0.15, 0.2) is 0 Å². The summed E-state index contributed by atoms with van der Waals surface area (Å²) >= 11 is 0. The van der Waals surface area contributed by atoms with E-state index in [0.29, 0.717) is 24.9 Å². The van der Waals surface area contributed by atoms with Gasteiger partial charge in [-0.05, 0) is 68.8 Å². The van der Waals surface area contributed by atoms with Crippen molar-refractivity contribution >= 4 is 11.8 Å². The van der Waals surface area contributed by atoms with Crippen molar-refractivity contribution in [1.29, 1.82) is 0 Å². The molecule has 1 aromatic carbocycles. The van der Waals surface area contributed by atoms with Crippen LogP contribution in [0.15, 0.2) is 24.3 Å². The normalized spacial score (nSPS) is 30.9. The maximum absolute atomic E-state index is 13.5. The van der Waals surface area contributed by atoms with Gasteiger partial charge in [0, 0.05) is 30.5 Å². The highest BCUT2D eigenvalue weighted by Crippen LogP contribution is 2.60. The molecule has 4 nitrogen and oxygen atoms in total. The Morgan fingerprint density at radius 3 is 2.26 bits per heavy atom. The predicted octanol–water partition coefficient (Wildman–Crippen LogP) is 3.55. The zero-order valence-corrected chi connectivity index (χ0v) is 15.8. The third-order valence-corrected chi connectivity index (χ3v) is 6.82. The van der Waals surface area contributed by atoms with Gasteiger partial charge in [-0.2, -0.15) is 0 Å². The van der Waals surface area contributed by atoms with Crippen molar-refractivity contribution in [2.45, 2.75) is 57.9 Å². The van der Waals surface area contributed by atoms with Gasteiger partial charge in [-0.1, -0.05) is 18.2 Å². The van der Waals surface area contributed by atoms with Crippen LogP contribution >= 0.6 is 0 Å². The summed E-state index contributed by atoms with van der Waals surface area (Å²) in [5.41, 5.74) is 0.364. The van der Waals surface area contributed by atoms with Gasteiger partial charge in [0.05, 0.1) is 0 Å². The topological polar surface area (TPSA) is 58.2 Å². The van der Waals surface area contributed by atoms with E-state index in [1.807, 2.05) is 0 Å². The van der Waals surface area contributed by atoms with Crippen LogP contribution in [-0.4, -0.2) is 18.4 Å². The molecule has 0 spiro atoms. The van der Waals surface area contributed by atoms with Crippen LogP contribution in [-0.2, 0) is 16.1 Å². The van der Waals surface area contributed by atoms with Gasteiger partial charge in [-0.25, -0.2) is 4.39 Å². The average Bonchev–Trinajstić information content (AvgIpc) is 2.63. The molecule has 5 heteroatoms. The Bertz CT molecular complexity index is 683. The van der Waals surface area contributed by atoms with E-state index in [1.165, 1.54) is 25.3 Å². The number of benzene rings is 1. The van der Waals surface area contributed by atoms with Crippen molar-refractivity contribution in [1.82, 2.24) is 10.6 Å². The van der Waals surface area contributed by atoms with Crippen LogP contribution in [0.5, 0.6) is 0 Å². The third-order valence-electron chi connectivity index (χ3n) is 6.82. The van der Waals surface area contributed by atoms with Crippen molar-refractivity contribution in [3.05, 3.63) is 35.6 Å². The SMILES string of the molecule is O=C(CCCNC(=O)C12CC3CC(CC(C3)C1)C2)NCc1ccccc1F. The highest BCUT2D eigenvalue weighted by Gasteiger charge is 2.54. The molecule has 5 rings (SSSR count). The standard InChI is InChI=1S/C22H29FN2O2/c23-19-5-2-1-4-18(19)14-25-20(26)6-3-7-24-21(27)22-11-15-8-16(12-22)10-17(9-15)13-22/h1-2,4-5,15-17H,3,6-14H2,(H,24,27)(H,25,26). The lowest BCUT2D eigenvalue weighted by atomic mass is 9.49. The van der Waals surface area contributed by atoms with Gasteiger partial charge in [0.2, 0.25) is 11.8 Å². The summed E-state index contributed by atoms with van der Waals surface area (Å²) in [6.45, 7) is 0.735. The molecule has 0 heterocycles. The summed E-state index contributed by atoms with van der Waals surface area (Å²) in [4.78, 5) is 24.8. The predicted molar refractivity (Wildman–Crippen MR) is 101 cm³/mol. The third kappa shape index (κ3) is 4.02. The number of amides is 2. The summed E-state index contributed by atoms with van der Waals surface area (Å²) in [5.74, 6) is 2.07. The van der Waals surface area contributed by atoms with Crippen LogP contribution in [0.2, 0.25) is 0 Å². The quantitative estimate of drug-likeness (QED) is 0.719. The second-order valence-corrected chi connectivity index (χ2v) is 8.93. The molecule has 4 saturated carbocycles. The molecule has 1 aromatic rings. The van der Waals surface area contributed by atoms with E-state index < -0.39 is 0 Å². The fourth-order valence-electron chi connectivity index (χ4n) is 5.95. The van der Waals surface area contributed by atoms with Crippen molar-refractivity contribution in [3.8, 4) is 0 Å². The molecule has 2 amide bonds. The lowest BCUT2D eigenvalue weighted by molar-refractivity contribution is -0.146. The molecule has 0 aliphatic heterocycles. The highest BCUT2D eigenvalue weighted by atomic mass is 19.1. The highest BCUT2D eigenvalue weighted by molar-refractivity contribution is 5.83. The molecule has 0 atom stereocenters. The minimum absolute atomic E-state index is 0.109. The monoisotopic (exact) mass is 372 g/mol. The van der Waals surface area contributed by atoms with Crippen LogP contribution in [0, 0.1) is 29.0 Å². The fourth-order valence-corrected chi connectivity index (χ4v) is 5.95. The van der Waals surface area contributed by atoms with Gasteiger partial charge in [0.1, 0.15) is 5.82 Å². The van der Waals surface area contributed by atoms with Crippen LogP contribution < -0.4 is 10.6 Å². The first-order valence-electron chi connectivity index (χ1n) is 10.3. The zero-order valence-electron chi connectivity index (χ0n) is 15.8. The number of carbonyl (C=O) groups excluding carboxylic acids is 2. The fraction of sp³-hybridized carbons (Fsp3) is 0.636. The first-order chi connectivity index (χ1) is 13.0. The molecule has 146 valence electrons. The molecule has 0 saturated heterocycles. The number of nitrogens with one attached hydrogen (secondary N) is 2. The largest absolute Gasteiger partial charge is 0.356 e. The van der Waals surface area contributed by atoms with Crippen LogP contribution in [0.4, 0.5) is 4.39 Å². The summed E-state index contributed by atoms with van der Waals surface area (Å²) in [7, 11) is 0. The van der Waals surface area contributed by atoms with Gasteiger partial charge in [0.25, 0.3) is 0 Å². The Kier molecular flexibility index (Phi) is 5.20. The van der Waals surface area contributed by atoms with Gasteiger partial charge in [-0.15, -0.1) is 0 Å². The number of hydrogen-bond donors (Lipinski definition) is 2. The first kappa shape index (κ1) is 18.5. The minimum atomic E-state index is -0.305. The Labute approximate surface area is 160 Å². The van der Waals surface area contributed by atoms with Gasteiger partial charge < -0.3 is 10.6 Å². The van der Waals surface area contributed by atoms with E-state index in [9.17, 15) is 14.0 Å². The number of halogens is 1. The van der Waals surface area contributed by atoms with Gasteiger partial charge in [-0.3, -0.25) is 9.59 Å². The van der Waals surface area contributed by atoms with E-state index in [4.69, 9.17) is 0 Å². The van der Waals surface area contributed by atoms with E-state index in [2.05, 4.69) is 10.6 Å². The first-order valence-corrected chi connectivity index (χ1v) is 10.3. The molecule has 4 fully saturated rings. The molecular formula is C22H29FN2O2. The maximum atomic E-state index is 13.5. The van der Waals surface area contributed by atoms with E-state index in [1.54, 1.807) is 18.2 Å². The van der Waals surface area contributed by atoms with Gasteiger partial charge >= 0.3 is 0 Å². The minimum Gasteiger partial charge on any atom is -0.356 e. The van der Waals surface area contributed by atoms with E-state index >= 15 is 0 Å². The lowest BCUT2D eigenvalue weighted by Gasteiger charge is -2.55. The van der Waals surface area contributed by atoms with Crippen molar-refractivity contribution in [2.24, 2.45) is 23.2 Å². The number of carbonyl (C=O) groups is 2. The number of rotatable bonds is 7. The smallest absolute Gasteiger partial charge is 0.226 e. The zero-order chi connectivity index (χ0) is 18.9. The van der Waals surface area contributed by atoms with E-state index in [0.717, 1.165) is 37.0 Å². The lowest BCUT2D eigenvalue weighted by Crippen LogP contribution is -2.53. The second kappa shape index (κ2) is 7.61. The molecule has 4 aliphatic rings. The van der Waals surface area contributed by atoms with Crippen molar-refractivity contribution in [3.63, 3.8) is 0 Å². The molecule has 0 radical (unpaired) electrons. The Hall–Kier alpha value is -1.91. The molecule has 4 aliphatic carbocycles. The molecule has 0 unspecified atom stereocenters. The molecule has 4 bridgehead atoms. The molecule has 0 aromatic heterocycles. The second-order valence-electron chi connectivity index (χ2n) is 8.93. The maximum Gasteiger partial charge on any atom is 0.226 e. The van der Waals surface area contributed by atoms with Crippen molar-refractivity contribution in [2.75, 3.05) is 6.54 Å². The van der Waals surface area contributed by atoms with Crippen LogP contribution in [0.1, 0.15) is 56.9 Å². The molecule has 27 heavy (non-hydrogen) atoms. The Morgan fingerprint density at radius 2 is 1.63 bits per heavy atom. The summed E-state index contributed by atoms with van der Waals surface area (Å²) in [6, 6.07) is 6.44. The number of hydrogen-bond acceptors (Lipinski definition) is 2. The Balaban J connectivity index is 1.17.